The van der Waals surface area contributed by atoms with Crippen molar-refractivity contribution in [1.29, 1.82) is 0 Å². The Bertz CT molecular complexity index is 179. The van der Waals surface area contributed by atoms with Gasteiger partial charge >= 0.3 is 0 Å². The van der Waals surface area contributed by atoms with Crippen molar-refractivity contribution in [2.45, 2.75) is 68.7 Å². The molecule has 0 aromatic heterocycles. The van der Waals surface area contributed by atoms with Gasteiger partial charge in [0.1, 0.15) is 0 Å². The molecule has 0 N–H and O–H groups in total. The molecule has 0 bridgehead atoms. The normalized spacial score (nSPS) is 16.2. The summed E-state index contributed by atoms with van der Waals surface area (Å²) in [7, 11) is 0. The summed E-state index contributed by atoms with van der Waals surface area (Å²) in [4.78, 5) is 0. The summed E-state index contributed by atoms with van der Waals surface area (Å²) in [6.07, 6.45) is 1.33. The molecule has 1 unspecified atom stereocenters. The minimum absolute atomic E-state index is 0.409. The van der Waals surface area contributed by atoms with Gasteiger partial charge in [0.2, 0.25) is 0 Å². The van der Waals surface area contributed by atoms with Crippen LogP contribution in [0.5, 0.6) is 0 Å². The first-order valence-electron chi connectivity index (χ1n) is 6.48. The third-order valence-electron chi connectivity index (χ3n) is 3.38. The van der Waals surface area contributed by atoms with Crippen molar-refractivity contribution < 1.29 is 0 Å². The third kappa shape index (κ3) is 4.57. The summed E-state index contributed by atoms with van der Waals surface area (Å²) in [6.45, 7) is 21.5. The molecular weight excluding hydrogens is 180 g/mol. The molecule has 0 saturated carbocycles. The quantitative estimate of drug-likeness (QED) is 0.587. The van der Waals surface area contributed by atoms with Crippen LogP contribution in [0.1, 0.15) is 68.7 Å². The lowest BCUT2D eigenvalue weighted by atomic mass is 9.59. The number of hydrogen-bond acceptors (Lipinski definition) is 0. The summed E-state index contributed by atoms with van der Waals surface area (Å²) in [5, 5.41) is 0. The maximum atomic E-state index is 2.45. The van der Waals surface area contributed by atoms with E-state index in [0.717, 1.165) is 17.8 Å². The maximum Gasteiger partial charge on any atom is -0.0291 e. The molecule has 0 amide bonds. The second kappa shape index (κ2) is 4.89. The van der Waals surface area contributed by atoms with Gasteiger partial charge in [-0.05, 0) is 35.0 Å². The highest BCUT2D eigenvalue weighted by atomic mass is 14.4. The van der Waals surface area contributed by atoms with Gasteiger partial charge in [-0.15, -0.1) is 0 Å². The molecule has 92 valence electrons. The molecule has 0 radical (unpaired) electrons. The molecule has 0 rings (SSSR count). The van der Waals surface area contributed by atoms with Gasteiger partial charge in [0.15, 0.2) is 0 Å². The Morgan fingerprint density at radius 3 is 1.40 bits per heavy atom. The average molecular weight is 212 g/mol. The van der Waals surface area contributed by atoms with Crippen molar-refractivity contribution >= 4 is 0 Å². The first-order valence-corrected chi connectivity index (χ1v) is 6.48. The van der Waals surface area contributed by atoms with Crippen LogP contribution in [0.2, 0.25) is 0 Å². The van der Waals surface area contributed by atoms with E-state index in [-0.39, 0.29) is 0 Å². The van der Waals surface area contributed by atoms with E-state index in [9.17, 15) is 0 Å². The molecule has 0 heteroatoms. The Kier molecular flexibility index (Phi) is 4.89. The highest BCUT2D eigenvalue weighted by Gasteiger charge is 2.39. The van der Waals surface area contributed by atoms with Crippen molar-refractivity contribution in [3.05, 3.63) is 0 Å². The van der Waals surface area contributed by atoms with Crippen molar-refractivity contribution in [1.82, 2.24) is 0 Å². The van der Waals surface area contributed by atoms with Crippen molar-refractivity contribution in [3.63, 3.8) is 0 Å². The lowest BCUT2D eigenvalue weighted by molar-refractivity contribution is 0.0283. The van der Waals surface area contributed by atoms with E-state index in [1.165, 1.54) is 6.42 Å². The molecule has 0 aliphatic carbocycles. The van der Waals surface area contributed by atoms with Gasteiger partial charge in [0.25, 0.3) is 0 Å². The minimum atomic E-state index is 0.409. The van der Waals surface area contributed by atoms with E-state index in [0.29, 0.717) is 10.8 Å². The molecule has 0 aromatic carbocycles. The highest BCUT2D eigenvalue weighted by Crippen LogP contribution is 2.47. The Labute approximate surface area is 97.8 Å². The Hall–Kier alpha value is 0. The van der Waals surface area contributed by atoms with Gasteiger partial charge in [-0.25, -0.2) is 0 Å². The van der Waals surface area contributed by atoms with Gasteiger partial charge < -0.3 is 0 Å². The van der Waals surface area contributed by atoms with Crippen LogP contribution in [0.4, 0.5) is 0 Å². The van der Waals surface area contributed by atoms with E-state index in [4.69, 9.17) is 0 Å². The lowest BCUT2D eigenvalue weighted by Crippen LogP contribution is -2.39. The lowest BCUT2D eigenvalue weighted by Gasteiger charge is -2.46. The average Bonchev–Trinajstić information content (AvgIpc) is 1.74. The van der Waals surface area contributed by atoms with E-state index in [2.05, 4.69) is 62.3 Å². The minimum Gasteiger partial charge on any atom is -0.0628 e. The highest BCUT2D eigenvalue weighted by molar-refractivity contribution is 4.88. The fraction of sp³-hybridized carbons (Fsp3) is 1.00. The largest absolute Gasteiger partial charge is 0.0628 e. The van der Waals surface area contributed by atoms with Gasteiger partial charge in [-0.2, -0.15) is 0 Å². The van der Waals surface area contributed by atoms with Gasteiger partial charge in [-0.3, -0.25) is 0 Å². The molecular formula is C15H32. The second-order valence-electron chi connectivity index (χ2n) is 7.67. The van der Waals surface area contributed by atoms with E-state index >= 15 is 0 Å². The smallest absolute Gasteiger partial charge is 0.0291 e. The molecule has 0 aliphatic rings. The molecule has 15 heavy (non-hydrogen) atoms. The first-order chi connectivity index (χ1) is 6.48. The standard InChI is InChI=1S/C15H32/c1-11(2)10-15(8,9)13(12(3)4)14(5,6)7/h11-13H,10H2,1-9H3. The van der Waals surface area contributed by atoms with Crippen LogP contribution in [0, 0.1) is 28.6 Å². The van der Waals surface area contributed by atoms with Crippen LogP contribution in [0.3, 0.4) is 0 Å². The Balaban J connectivity index is 4.91. The Morgan fingerprint density at radius 2 is 1.20 bits per heavy atom. The van der Waals surface area contributed by atoms with Crippen LogP contribution in [-0.2, 0) is 0 Å². The molecule has 0 heterocycles. The Morgan fingerprint density at radius 1 is 0.800 bits per heavy atom. The summed E-state index contributed by atoms with van der Waals surface area (Å²) in [5.74, 6) is 2.34. The van der Waals surface area contributed by atoms with Gasteiger partial charge in [0.05, 0.1) is 0 Å². The summed E-state index contributed by atoms with van der Waals surface area (Å²) >= 11 is 0. The monoisotopic (exact) mass is 212 g/mol. The topological polar surface area (TPSA) is 0 Å². The zero-order valence-corrected chi connectivity index (χ0v) is 12.4. The number of hydrogen-bond donors (Lipinski definition) is 0. The van der Waals surface area contributed by atoms with Crippen LogP contribution >= 0.6 is 0 Å². The van der Waals surface area contributed by atoms with Crippen molar-refractivity contribution in [3.8, 4) is 0 Å². The van der Waals surface area contributed by atoms with Crippen LogP contribution in [0.15, 0.2) is 0 Å². The second-order valence-corrected chi connectivity index (χ2v) is 7.67. The zero-order valence-electron chi connectivity index (χ0n) is 12.4. The van der Waals surface area contributed by atoms with Crippen LogP contribution in [0.25, 0.3) is 0 Å². The van der Waals surface area contributed by atoms with Gasteiger partial charge in [0, 0.05) is 0 Å². The van der Waals surface area contributed by atoms with E-state index in [1.807, 2.05) is 0 Å². The maximum absolute atomic E-state index is 2.45. The van der Waals surface area contributed by atoms with E-state index in [1.54, 1.807) is 0 Å². The molecule has 0 spiro atoms. The first kappa shape index (κ1) is 15.0. The molecule has 0 nitrogen and oxygen atoms in total. The summed E-state index contributed by atoms with van der Waals surface area (Å²) < 4.78 is 0. The molecule has 0 aromatic rings. The zero-order chi connectivity index (χ0) is 12.4. The fourth-order valence-corrected chi connectivity index (χ4v) is 4.25. The van der Waals surface area contributed by atoms with Crippen molar-refractivity contribution in [2.24, 2.45) is 28.6 Å². The van der Waals surface area contributed by atoms with Crippen molar-refractivity contribution in [2.75, 3.05) is 0 Å². The number of rotatable bonds is 4. The van der Waals surface area contributed by atoms with Gasteiger partial charge in [-0.1, -0.05) is 62.3 Å². The SMILES string of the molecule is CC(C)CC(C)(C)C(C(C)C)C(C)(C)C. The van der Waals surface area contributed by atoms with Crippen LogP contribution < -0.4 is 0 Å². The van der Waals surface area contributed by atoms with E-state index < -0.39 is 0 Å². The predicted molar refractivity (Wildman–Crippen MR) is 71.0 cm³/mol. The molecule has 0 fully saturated rings. The third-order valence-corrected chi connectivity index (χ3v) is 3.38. The fourth-order valence-electron chi connectivity index (χ4n) is 4.25. The molecule has 1 atom stereocenters. The van der Waals surface area contributed by atoms with Crippen LogP contribution in [-0.4, -0.2) is 0 Å². The summed E-state index contributed by atoms with van der Waals surface area (Å²) in [6, 6.07) is 0. The molecule has 0 aliphatic heterocycles. The molecule has 0 saturated heterocycles. The predicted octanol–water partition coefficient (Wildman–Crippen LogP) is 5.38. The summed E-state index contributed by atoms with van der Waals surface area (Å²) in [5.41, 5.74) is 0.854.